The Labute approximate surface area is 156 Å². The van der Waals surface area contributed by atoms with Gasteiger partial charge in [0.1, 0.15) is 17.7 Å². The molecule has 8 nitrogen and oxygen atoms in total. The molecule has 0 radical (unpaired) electrons. The van der Waals surface area contributed by atoms with E-state index in [4.69, 9.17) is 0 Å². The van der Waals surface area contributed by atoms with E-state index >= 15 is 0 Å². The first kappa shape index (κ1) is 18.5. The molecular weight excluding hydrogens is 344 g/mol. The van der Waals surface area contributed by atoms with E-state index in [1.165, 1.54) is 11.1 Å². The van der Waals surface area contributed by atoms with Gasteiger partial charge in [-0.2, -0.15) is 0 Å². The summed E-state index contributed by atoms with van der Waals surface area (Å²) in [5, 5.41) is 7.95. The second kappa shape index (κ2) is 7.53. The molecule has 2 aromatic heterocycles. The maximum Gasteiger partial charge on any atom is 0.264 e. The Morgan fingerprint density at radius 2 is 1.96 bits per heavy atom. The number of amides is 1. The van der Waals surface area contributed by atoms with Crippen LogP contribution in [0.25, 0.3) is 11.4 Å². The number of carbonyl (C=O) groups excluding carboxylic acids is 1. The highest BCUT2D eigenvalue weighted by molar-refractivity contribution is 5.93. The Morgan fingerprint density at radius 3 is 2.59 bits per heavy atom. The van der Waals surface area contributed by atoms with Crippen LogP contribution in [0.4, 0.5) is 0 Å². The van der Waals surface area contributed by atoms with E-state index in [0.29, 0.717) is 11.6 Å². The molecule has 0 fully saturated rings. The maximum atomic E-state index is 12.7. The lowest BCUT2D eigenvalue weighted by Gasteiger charge is -2.18. The van der Waals surface area contributed by atoms with Gasteiger partial charge >= 0.3 is 0 Å². The molecule has 0 aliphatic rings. The van der Waals surface area contributed by atoms with Crippen molar-refractivity contribution in [3.8, 4) is 11.4 Å². The predicted molar refractivity (Wildman–Crippen MR) is 101 cm³/mol. The van der Waals surface area contributed by atoms with Crippen LogP contribution >= 0.6 is 0 Å². The molecule has 0 saturated heterocycles. The quantitative estimate of drug-likeness (QED) is 0.746. The van der Waals surface area contributed by atoms with Crippen LogP contribution < -0.4 is 5.56 Å². The molecule has 0 aliphatic heterocycles. The van der Waals surface area contributed by atoms with Gasteiger partial charge in [0.25, 0.3) is 11.5 Å². The molecule has 1 aromatic carbocycles. The van der Waals surface area contributed by atoms with E-state index in [1.54, 1.807) is 13.4 Å². The summed E-state index contributed by atoms with van der Waals surface area (Å²) in [7, 11) is 1.62. The molecule has 3 aromatic rings. The van der Waals surface area contributed by atoms with Gasteiger partial charge < -0.3 is 14.5 Å². The molecule has 140 valence electrons. The predicted octanol–water partition coefficient (Wildman–Crippen LogP) is 2.19. The molecular formula is C19H22N6O2. The highest BCUT2D eigenvalue weighted by Crippen LogP contribution is 2.14. The standard InChI is InChI=1S/C19H22N6O2/c1-12(2)25-11-21-23-16(25)10-24(4)19(27)15-9-20-17(22-18(15)26)14-7-5-13(3)6-8-14/h5-9,11-12H,10H2,1-4H3,(H,20,22,26). The number of nitrogens with zero attached hydrogens (tertiary/aromatic N) is 5. The van der Waals surface area contributed by atoms with E-state index in [9.17, 15) is 9.59 Å². The highest BCUT2D eigenvalue weighted by atomic mass is 16.2. The molecule has 0 unspecified atom stereocenters. The Balaban J connectivity index is 1.81. The first-order valence-electron chi connectivity index (χ1n) is 8.67. The SMILES string of the molecule is Cc1ccc(-c2ncc(C(=O)N(C)Cc3nncn3C(C)C)c(=O)[nH]2)cc1. The fourth-order valence-electron chi connectivity index (χ4n) is 2.71. The number of benzene rings is 1. The van der Waals surface area contributed by atoms with Crippen molar-refractivity contribution in [2.45, 2.75) is 33.4 Å². The van der Waals surface area contributed by atoms with Gasteiger partial charge in [0.05, 0.1) is 6.54 Å². The number of carbonyl (C=O) groups is 1. The molecule has 1 N–H and O–H groups in total. The Bertz CT molecular complexity index is 1000. The average molecular weight is 366 g/mol. The smallest absolute Gasteiger partial charge is 0.264 e. The van der Waals surface area contributed by atoms with Crippen molar-refractivity contribution in [2.75, 3.05) is 7.05 Å². The zero-order valence-corrected chi connectivity index (χ0v) is 15.8. The van der Waals surface area contributed by atoms with Gasteiger partial charge in [0.2, 0.25) is 0 Å². The summed E-state index contributed by atoms with van der Waals surface area (Å²) in [6, 6.07) is 7.80. The average Bonchev–Trinajstić information content (AvgIpc) is 3.10. The van der Waals surface area contributed by atoms with Gasteiger partial charge in [0.15, 0.2) is 5.82 Å². The number of nitrogens with one attached hydrogen (secondary N) is 1. The minimum absolute atomic E-state index is 0.0102. The summed E-state index contributed by atoms with van der Waals surface area (Å²) in [5.41, 5.74) is 1.42. The lowest BCUT2D eigenvalue weighted by atomic mass is 10.1. The van der Waals surface area contributed by atoms with Crippen molar-refractivity contribution < 1.29 is 4.79 Å². The summed E-state index contributed by atoms with van der Waals surface area (Å²) in [6.45, 7) is 6.24. The number of aromatic nitrogens is 5. The number of aromatic amines is 1. The summed E-state index contributed by atoms with van der Waals surface area (Å²) < 4.78 is 1.88. The minimum Gasteiger partial charge on any atom is -0.334 e. The molecule has 0 aliphatic carbocycles. The van der Waals surface area contributed by atoms with E-state index < -0.39 is 11.5 Å². The summed E-state index contributed by atoms with van der Waals surface area (Å²) in [6.07, 6.45) is 2.95. The lowest BCUT2D eigenvalue weighted by Crippen LogP contribution is -2.32. The largest absolute Gasteiger partial charge is 0.334 e. The molecule has 27 heavy (non-hydrogen) atoms. The third kappa shape index (κ3) is 3.94. The van der Waals surface area contributed by atoms with Crippen LogP contribution in [0.3, 0.4) is 0 Å². The van der Waals surface area contributed by atoms with Gasteiger partial charge in [0, 0.05) is 24.8 Å². The highest BCUT2D eigenvalue weighted by Gasteiger charge is 2.19. The van der Waals surface area contributed by atoms with Gasteiger partial charge in [-0.05, 0) is 20.8 Å². The van der Waals surface area contributed by atoms with Gasteiger partial charge in [-0.15, -0.1) is 10.2 Å². The number of H-pyrrole nitrogens is 1. The molecule has 0 saturated carbocycles. The third-order valence-corrected chi connectivity index (χ3v) is 4.28. The second-order valence-electron chi connectivity index (χ2n) is 6.75. The number of aryl methyl sites for hydroxylation is 1. The topological polar surface area (TPSA) is 96.8 Å². The van der Waals surface area contributed by atoms with E-state index in [2.05, 4.69) is 20.2 Å². The van der Waals surface area contributed by atoms with Gasteiger partial charge in [-0.25, -0.2) is 4.98 Å². The van der Waals surface area contributed by atoms with Crippen molar-refractivity contribution >= 4 is 5.91 Å². The maximum absolute atomic E-state index is 12.7. The molecule has 2 heterocycles. The van der Waals surface area contributed by atoms with Gasteiger partial charge in [-0.3, -0.25) is 9.59 Å². The van der Waals surface area contributed by atoms with Crippen LogP contribution in [0, 0.1) is 6.92 Å². The Hall–Kier alpha value is -3.29. The van der Waals surface area contributed by atoms with E-state index in [-0.39, 0.29) is 18.2 Å². The number of hydrogen-bond acceptors (Lipinski definition) is 5. The van der Waals surface area contributed by atoms with Crippen LogP contribution in [0.5, 0.6) is 0 Å². The van der Waals surface area contributed by atoms with Crippen molar-refractivity contribution in [3.05, 3.63) is 64.1 Å². The van der Waals surface area contributed by atoms with E-state index in [0.717, 1.165) is 11.1 Å². The summed E-state index contributed by atoms with van der Waals surface area (Å²) >= 11 is 0. The lowest BCUT2D eigenvalue weighted by molar-refractivity contribution is 0.0777. The fourth-order valence-corrected chi connectivity index (χ4v) is 2.71. The Morgan fingerprint density at radius 1 is 1.26 bits per heavy atom. The molecule has 0 atom stereocenters. The van der Waals surface area contributed by atoms with Crippen molar-refractivity contribution in [1.29, 1.82) is 0 Å². The van der Waals surface area contributed by atoms with Crippen LogP contribution in [0.15, 0.2) is 41.6 Å². The first-order valence-corrected chi connectivity index (χ1v) is 8.67. The van der Waals surface area contributed by atoms with E-state index in [1.807, 2.05) is 49.6 Å². The van der Waals surface area contributed by atoms with Crippen molar-refractivity contribution in [3.63, 3.8) is 0 Å². The fraction of sp³-hybridized carbons (Fsp3) is 0.316. The third-order valence-electron chi connectivity index (χ3n) is 4.28. The molecule has 3 rings (SSSR count). The summed E-state index contributed by atoms with van der Waals surface area (Å²) in [5.74, 6) is 0.665. The van der Waals surface area contributed by atoms with Crippen molar-refractivity contribution in [2.24, 2.45) is 0 Å². The minimum atomic E-state index is -0.470. The van der Waals surface area contributed by atoms with Crippen molar-refractivity contribution in [1.82, 2.24) is 29.6 Å². The van der Waals surface area contributed by atoms with Crippen LogP contribution in [0.1, 0.15) is 41.6 Å². The van der Waals surface area contributed by atoms with Crippen LogP contribution in [-0.4, -0.2) is 42.6 Å². The van der Waals surface area contributed by atoms with Crippen LogP contribution in [0.2, 0.25) is 0 Å². The Kier molecular flexibility index (Phi) is 5.16. The van der Waals surface area contributed by atoms with Crippen LogP contribution in [-0.2, 0) is 6.54 Å². The molecule has 8 heteroatoms. The molecule has 1 amide bonds. The zero-order valence-electron chi connectivity index (χ0n) is 15.8. The first-order chi connectivity index (χ1) is 12.9. The monoisotopic (exact) mass is 366 g/mol. The van der Waals surface area contributed by atoms with Gasteiger partial charge in [-0.1, -0.05) is 29.8 Å². The normalized spacial score (nSPS) is 11.0. The summed E-state index contributed by atoms with van der Waals surface area (Å²) in [4.78, 5) is 33.5. The molecule has 0 spiro atoms. The zero-order chi connectivity index (χ0) is 19.6. The second-order valence-corrected chi connectivity index (χ2v) is 6.75. The number of hydrogen-bond donors (Lipinski definition) is 1. The molecule has 0 bridgehead atoms. The number of rotatable bonds is 5.